The number of benzene rings is 1. The fourth-order valence-corrected chi connectivity index (χ4v) is 5.29. The molecule has 2 aromatic heterocycles. The predicted octanol–water partition coefficient (Wildman–Crippen LogP) is 3.69. The summed E-state index contributed by atoms with van der Waals surface area (Å²) in [5.74, 6) is -5.61. The van der Waals surface area contributed by atoms with Crippen LogP contribution in [0.3, 0.4) is 0 Å². The van der Waals surface area contributed by atoms with Crippen LogP contribution >= 0.6 is 0 Å². The van der Waals surface area contributed by atoms with Crippen LogP contribution in [-0.2, 0) is 4.79 Å². The summed E-state index contributed by atoms with van der Waals surface area (Å²) < 4.78 is 95.6. The van der Waals surface area contributed by atoms with Crippen LogP contribution in [0.5, 0.6) is 0 Å². The number of halogens is 5. The minimum atomic E-state index is -5.60. The Balaban J connectivity index is 1.36. The molecule has 5 rings (SSSR count). The second kappa shape index (κ2) is 10.9. The topological polar surface area (TPSA) is 103 Å². The van der Waals surface area contributed by atoms with E-state index in [1.54, 1.807) is 12.1 Å². The number of amides is 3. The molecule has 0 saturated carbocycles. The van der Waals surface area contributed by atoms with Crippen LogP contribution in [0.4, 0.5) is 26.7 Å². The molecule has 3 aromatic rings. The average Bonchev–Trinajstić information content (AvgIpc) is 3.22. The first-order valence-corrected chi connectivity index (χ1v) is 12.6. The van der Waals surface area contributed by atoms with Gasteiger partial charge in [0.2, 0.25) is 5.91 Å². The van der Waals surface area contributed by atoms with Crippen LogP contribution in [0.2, 0.25) is 0 Å². The molecule has 2 saturated heterocycles. The lowest BCUT2D eigenvalue weighted by molar-refractivity contribution is -0.162. The van der Waals surface area contributed by atoms with E-state index in [4.69, 9.17) is 4.11 Å². The number of fused-ring (bicyclic) bond motifs is 1. The number of imidazole rings is 1. The first-order chi connectivity index (χ1) is 20.1. The lowest BCUT2D eigenvalue weighted by Gasteiger charge is -2.34. The third-order valence-corrected chi connectivity index (χ3v) is 7.20. The summed E-state index contributed by atoms with van der Waals surface area (Å²) in [5, 5.41) is 2.17. The Bertz CT molecular complexity index is 1610. The highest BCUT2D eigenvalue weighted by Gasteiger charge is 2.40. The number of aromatic nitrogens is 3. The summed E-state index contributed by atoms with van der Waals surface area (Å²) in [4.78, 5) is 47.0. The zero-order valence-corrected chi connectivity index (χ0v) is 21.0. The number of likely N-dealkylation sites (tertiary alicyclic amines) is 2. The molecule has 9 nitrogen and oxygen atoms in total. The first kappa shape index (κ1) is 23.9. The second-order valence-corrected chi connectivity index (χ2v) is 9.70. The van der Waals surface area contributed by atoms with E-state index in [2.05, 4.69) is 15.3 Å². The van der Waals surface area contributed by atoms with Crippen LogP contribution < -0.4 is 11.0 Å². The molecule has 2 N–H and O–H groups in total. The molecule has 1 aromatic carbocycles. The standard InChI is InChI=1S/C26H27F5N6O3/c27-18-4-1-3-17(21(18)28)15-6-7-19(23(38)36(13-15)14-26(29,30)31)33-24(39)35-11-8-16(9-12-35)37-20-5-2-10-32-22(20)34-25(37)40/h1-5,10,15-16,19H,6-9,11-14H2,(H,33,39)(H,32,34,40)/t15-,19-/m1/s1/i14D2,19D. The molecule has 3 amide bonds. The first-order valence-electron chi connectivity index (χ1n) is 14.1. The third kappa shape index (κ3) is 5.65. The van der Waals surface area contributed by atoms with Gasteiger partial charge in [-0.1, -0.05) is 12.1 Å². The van der Waals surface area contributed by atoms with E-state index >= 15 is 0 Å². The number of hydrogen-bond donors (Lipinski definition) is 2. The van der Waals surface area contributed by atoms with Gasteiger partial charge in [0.05, 0.1) is 9.63 Å². The van der Waals surface area contributed by atoms with E-state index in [1.165, 1.54) is 15.7 Å². The van der Waals surface area contributed by atoms with Crippen molar-refractivity contribution in [1.29, 1.82) is 0 Å². The molecule has 2 fully saturated rings. The van der Waals surface area contributed by atoms with E-state index in [-0.39, 0.29) is 41.7 Å². The highest BCUT2D eigenvalue weighted by atomic mass is 19.4. The van der Waals surface area contributed by atoms with Gasteiger partial charge in [0, 0.05) is 37.8 Å². The number of rotatable bonds is 4. The van der Waals surface area contributed by atoms with Crippen molar-refractivity contribution in [3.8, 4) is 0 Å². The molecular formula is C26H27F5N6O3. The van der Waals surface area contributed by atoms with Gasteiger partial charge < -0.3 is 15.1 Å². The van der Waals surface area contributed by atoms with E-state index in [0.29, 0.717) is 24.0 Å². The number of carbonyl (C=O) groups is 2. The van der Waals surface area contributed by atoms with Gasteiger partial charge in [-0.25, -0.2) is 23.4 Å². The van der Waals surface area contributed by atoms with Gasteiger partial charge in [0.15, 0.2) is 17.3 Å². The number of urea groups is 1. The van der Waals surface area contributed by atoms with Gasteiger partial charge in [-0.3, -0.25) is 14.3 Å². The normalized spacial score (nSPS) is 24.4. The molecule has 0 aliphatic carbocycles. The zero-order chi connectivity index (χ0) is 31.3. The van der Waals surface area contributed by atoms with Crippen molar-refractivity contribution < 1.29 is 35.7 Å². The molecule has 0 radical (unpaired) electrons. The van der Waals surface area contributed by atoms with Crippen LogP contribution in [0.25, 0.3) is 11.2 Å². The van der Waals surface area contributed by atoms with Crippen molar-refractivity contribution in [3.05, 3.63) is 64.2 Å². The van der Waals surface area contributed by atoms with Crippen molar-refractivity contribution in [2.45, 2.75) is 49.8 Å². The number of carbonyl (C=O) groups excluding carboxylic acids is 2. The van der Waals surface area contributed by atoms with Gasteiger partial charge in [-0.15, -0.1) is 0 Å². The van der Waals surface area contributed by atoms with E-state index in [1.807, 2.05) is 0 Å². The Morgan fingerprint density at radius 1 is 1.12 bits per heavy atom. The van der Waals surface area contributed by atoms with Gasteiger partial charge in [-0.05, 0) is 49.4 Å². The van der Waals surface area contributed by atoms with Gasteiger partial charge in [-0.2, -0.15) is 13.2 Å². The summed E-state index contributed by atoms with van der Waals surface area (Å²) in [6, 6.07) is 2.43. The van der Waals surface area contributed by atoms with Crippen molar-refractivity contribution in [3.63, 3.8) is 0 Å². The number of aromatic amines is 1. The second-order valence-electron chi connectivity index (χ2n) is 9.70. The third-order valence-electron chi connectivity index (χ3n) is 7.20. The van der Waals surface area contributed by atoms with E-state index in [0.717, 1.165) is 18.2 Å². The monoisotopic (exact) mass is 569 g/mol. The largest absolute Gasteiger partial charge is 0.406 e. The molecule has 40 heavy (non-hydrogen) atoms. The molecule has 0 spiro atoms. The van der Waals surface area contributed by atoms with Gasteiger partial charge in [0.25, 0.3) is 0 Å². The van der Waals surface area contributed by atoms with Gasteiger partial charge >= 0.3 is 17.9 Å². The van der Waals surface area contributed by atoms with E-state index < -0.39 is 61.1 Å². The number of pyridine rings is 1. The number of nitrogens with one attached hydrogen (secondary N) is 2. The zero-order valence-electron chi connectivity index (χ0n) is 24.0. The molecule has 0 unspecified atom stereocenters. The summed E-state index contributed by atoms with van der Waals surface area (Å²) in [5.41, 5.74) is 0.216. The molecule has 2 aliphatic heterocycles. The Kier molecular flexibility index (Phi) is 6.50. The quantitative estimate of drug-likeness (QED) is 0.468. The fraction of sp³-hybridized carbons (Fsp3) is 0.462. The number of piperidine rings is 1. The predicted molar refractivity (Wildman–Crippen MR) is 133 cm³/mol. The van der Waals surface area contributed by atoms with Crippen molar-refractivity contribution in [1.82, 2.24) is 29.7 Å². The summed E-state index contributed by atoms with van der Waals surface area (Å²) in [7, 11) is 0. The SMILES string of the molecule is [2H]C([2H])(N1C[C@H](c2cccc(F)c2F)CC[C@@]([2H])(NC(=O)N2CCC(n3c(=O)[nH]c4ncccc43)CC2)C1=O)C(F)(F)F. The Labute approximate surface area is 229 Å². The summed E-state index contributed by atoms with van der Waals surface area (Å²) in [6.45, 7) is -5.15. The maximum atomic E-state index is 14.6. The molecular weight excluding hydrogens is 539 g/mol. The minimum absolute atomic E-state index is 0.0738. The lowest BCUT2D eigenvalue weighted by Crippen LogP contribution is -2.54. The number of hydrogen-bond acceptors (Lipinski definition) is 4. The molecule has 14 heteroatoms. The fourth-order valence-electron chi connectivity index (χ4n) is 5.29. The molecule has 2 atom stereocenters. The van der Waals surface area contributed by atoms with Gasteiger partial charge in [0.1, 0.15) is 12.5 Å². The van der Waals surface area contributed by atoms with Crippen LogP contribution in [-0.4, -0.2) is 74.6 Å². The smallest absolute Gasteiger partial charge is 0.331 e. The van der Waals surface area contributed by atoms with Crippen molar-refractivity contribution >= 4 is 23.1 Å². The molecule has 214 valence electrons. The Morgan fingerprint density at radius 2 is 1.88 bits per heavy atom. The minimum Gasteiger partial charge on any atom is -0.331 e. The lowest BCUT2D eigenvalue weighted by atomic mass is 9.93. The average molecular weight is 570 g/mol. The van der Waals surface area contributed by atoms with Crippen LogP contribution in [0.15, 0.2) is 41.3 Å². The summed E-state index contributed by atoms with van der Waals surface area (Å²) >= 11 is 0. The molecule has 0 bridgehead atoms. The number of H-pyrrole nitrogens is 1. The van der Waals surface area contributed by atoms with E-state index in [9.17, 15) is 36.3 Å². The number of nitrogens with zero attached hydrogens (tertiary/aromatic N) is 4. The molecule has 4 heterocycles. The summed E-state index contributed by atoms with van der Waals surface area (Å²) in [6.07, 6.45) is -4.40. The Morgan fingerprint density at radius 3 is 2.60 bits per heavy atom. The maximum absolute atomic E-state index is 14.6. The maximum Gasteiger partial charge on any atom is 0.406 e. The highest BCUT2D eigenvalue weighted by Crippen LogP contribution is 2.32. The van der Waals surface area contributed by atoms with Crippen molar-refractivity contribution in [2.24, 2.45) is 0 Å². The van der Waals surface area contributed by atoms with Crippen LogP contribution in [0.1, 0.15) is 47.3 Å². The highest BCUT2D eigenvalue weighted by molar-refractivity contribution is 5.87. The number of alkyl halides is 3. The molecule has 2 aliphatic rings. The Hall–Kier alpha value is -3.97. The van der Waals surface area contributed by atoms with Crippen LogP contribution in [0, 0.1) is 11.6 Å². The van der Waals surface area contributed by atoms with Crippen molar-refractivity contribution in [2.75, 3.05) is 26.1 Å².